The van der Waals surface area contributed by atoms with Gasteiger partial charge < -0.3 is 47.6 Å². The molecule has 626 valence electrons. The number of aromatic hydroxyl groups is 4. The minimum Gasteiger partial charge on any atom is -0.505 e. The number of aromatic nitrogens is 4. The van der Waals surface area contributed by atoms with Crippen LogP contribution in [0, 0.1) is 20.8 Å². The van der Waals surface area contributed by atoms with E-state index in [0.717, 1.165) is 73.5 Å². The molecule has 0 spiro atoms. The molecule has 0 amide bonds. The molecule has 0 unspecified atom stereocenters. The highest BCUT2D eigenvalue weighted by Gasteiger charge is 2.29. The summed E-state index contributed by atoms with van der Waals surface area (Å²) in [6, 6.07) is 92.7. The van der Waals surface area contributed by atoms with Crippen molar-refractivity contribution < 1.29 is 47.6 Å². The van der Waals surface area contributed by atoms with E-state index in [-0.39, 0.29) is 75.0 Å². The summed E-state index contributed by atoms with van der Waals surface area (Å²) in [5.41, 5.74) is 3.76. The van der Waals surface area contributed by atoms with Gasteiger partial charge in [0.2, 0.25) is 0 Å². The Hall–Kier alpha value is -15.5. The summed E-state index contributed by atoms with van der Waals surface area (Å²) in [7, 11) is 3.11. The molecule has 0 aliphatic heterocycles. The van der Waals surface area contributed by atoms with Crippen molar-refractivity contribution in [3.8, 4) is 57.2 Å². The summed E-state index contributed by atoms with van der Waals surface area (Å²) in [6.07, 6.45) is 0. The number of hydrogen-bond acceptors (Lipinski definition) is 22. The minimum atomic E-state index is -0.718. The van der Waals surface area contributed by atoms with Gasteiger partial charge in [-0.25, -0.2) is 19.2 Å². The Balaban J connectivity index is 0.000000119. The highest BCUT2D eigenvalue weighted by molar-refractivity contribution is 8.00. The second-order valence-electron chi connectivity index (χ2n) is 29.0. The van der Waals surface area contributed by atoms with Gasteiger partial charge in [-0.3, -0.25) is 37.4 Å². The van der Waals surface area contributed by atoms with Crippen LogP contribution in [0.15, 0.2) is 405 Å². The molecule has 26 heteroatoms. The molecule has 0 saturated carbocycles. The van der Waals surface area contributed by atoms with E-state index in [1.165, 1.54) is 18.3 Å². The molecule has 0 fully saturated rings. The Morgan fingerprint density at radius 1 is 0.252 bits per heavy atom. The van der Waals surface area contributed by atoms with Crippen molar-refractivity contribution in [3.63, 3.8) is 0 Å². The van der Waals surface area contributed by atoms with Gasteiger partial charge in [0.15, 0.2) is 45.3 Å². The zero-order valence-electron chi connectivity index (χ0n) is 67.9. The average Bonchev–Trinajstić information content (AvgIpc) is 0.746. The first kappa shape index (κ1) is 83.8. The third-order valence-corrected chi connectivity index (χ3v) is 24.9. The Morgan fingerprint density at radius 2 is 0.520 bits per heavy atom. The molecule has 0 bridgehead atoms. The Bertz CT molecular complexity index is 8250. The maximum Gasteiger partial charge on any atom is 0.354 e. The summed E-state index contributed by atoms with van der Waals surface area (Å²) >= 11 is 4.22. The van der Waals surface area contributed by atoms with Gasteiger partial charge >= 0.3 is 22.5 Å². The SMILES string of the molecule is COc1ccc(Sc2c(O)c3c(=O)n(-c4ccccc4)c4ccccc4c3oc2=O)cc1.COc1cccc(Sc2c(O)c3c(=O)n(-c4ccccc4)c4ccccc4c3oc2=O)c1.Cc1cc(C)cc(Sc2c(O)c3c(=O)n(-c4ccccc4)c4ccccc4c3oc2=O)c1.Cc1ccc(Sc2c(O)c3c(=O)n(-c4ccccc4)c4ccccc4c3oc2=O)cc1. The van der Waals surface area contributed by atoms with Gasteiger partial charge in [0.05, 0.1) is 36.3 Å². The quantitative estimate of drug-likeness (QED) is 0.0735. The Morgan fingerprint density at radius 3 is 0.819 bits per heavy atom. The van der Waals surface area contributed by atoms with Gasteiger partial charge in [0.25, 0.3) is 22.2 Å². The fourth-order valence-corrected chi connectivity index (χ4v) is 18.6. The maximum absolute atomic E-state index is 13.6. The van der Waals surface area contributed by atoms with Crippen LogP contribution in [0.3, 0.4) is 0 Å². The van der Waals surface area contributed by atoms with Crippen molar-refractivity contribution in [3.05, 3.63) is 409 Å². The summed E-state index contributed by atoms with van der Waals surface area (Å²) in [5.74, 6) is -0.237. The Kier molecular flexibility index (Phi) is 23.6. The lowest BCUT2D eigenvalue weighted by molar-refractivity contribution is 0.413. The zero-order valence-corrected chi connectivity index (χ0v) is 71.1. The molecule has 0 atom stereocenters. The number of nitrogens with zero attached hydrogens (tertiary/aromatic N) is 4. The number of aryl methyl sites for hydroxylation is 3. The number of methoxy groups -OCH3 is 2. The fraction of sp³-hybridized carbons (Fsp3) is 0.0495. The van der Waals surface area contributed by atoms with E-state index in [1.54, 1.807) is 148 Å². The van der Waals surface area contributed by atoms with Crippen molar-refractivity contribution in [2.45, 2.75) is 59.9 Å². The predicted octanol–water partition coefficient (Wildman–Crippen LogP) is 20.8. The highest BCUT2D eigenvalue weighted by atomic mass is 32.2. The van der Waals surface area contributed by atoms with Crippen LogP contribution >= 0.6 is 47.0 Å². The summed E-state index contributed by atoms with van der Waals surface area (Å²) in [5, 5.41) is 46.5. The average molecular weight is 1760 g/mol. The number of fused-ring (bicyclic) bond motifs is 12. The van der Waals surface area contributed by atoms with E-state index in [1.807, 2.05) is 197 Å². The Labute approximate surface area is 735 Å². The normalized spacial score (nSPS) is 11.2. The molecule has 8 aromatic heterocycles. The van der Waals surface area contributed by atoms with Crippen molar-refractivity contribution >= 4 is 135 Å². The fourth-order valence-electron chi connectivity index (χ4n) is 15.0. The molecular weight excluding hydrogens is 1690 g/mol. The van der Waals surface area contributed by atoms with Gasteiger partial charge in [0, 0.05) is 63.9 Å². The lowest BCUT2D eigenvalue weighted by Gasteiger charge is -2.14. The largest absolute Gasteiger partial charge is 0.505 e. The summed E-state index contributed by atoms with van der Waals surface area (Å²) in [6.45, 7) is 5.89. The zero-order chi connectivity index (χ0) is 88.4. The predicted molar refractivity (Wildman–Crippen MR) is 499 cm³/mol. The van der Waals surface area contributed by atoms with Crippen LogP contribution in [0.1, 0.15) is 16.7 Å². The third-order valence-electron chi connectivity index (χ3n) is 20.7. The van der Waals surface area contributed by atoms with E-state index in [9.17, 15) is 58.8 Å². The molecule has 0 radical (unpaired) electrons. The topological polar surface area (TPSA) is 308 Å². The molecule has 4 N–H and O–H groups in total. The van der Waals surface area contributed by atoms with Crippen molar-refractivity contribution in [2.75, 3.05) is 14.2 Å². The van der Waals surface area contributed by atoms with Gasteiger partial charge in [-0.1, -0.05) is 198 Å². The lowest BCUT2D eigenvalue weighted by atomic mass is 10.1. The van der Waals surface area contributed by atoms with Crippen LogP contribution in [0.5, 0.6) is 34.5 Å². The number of ether oxygens (including phenoxy) is 2. The van der Waals surface area contributed by atoms with Crippen molar-refractivity contribution in [1.82, 2.24) is 18.3 Å². The molecule has 22 nitrogen and oxygen atoms in total. The molecule has 20 rings (SSSR count). The standard InChI is InChI=1S/C26H19NO4S.2C25H17NO5S.C25H17NO4S/c1-15-12-16(2)14-18(13-15)32-24-22(28)21-23(31-26(24)30)19-10-6-7-11-20(19)27(25(21)29)17-8-4-3-5-9-17;1-30-16-10-7-11-17(14-16)32-23-21(27)20-22(31-25(23)29)18-12-5-6-13-19(18)26(24(20)28)15-8-3-2-4-9-15;1-30-16-11-13-17(14-12-16)32-23-21(27)20-22(31-25(23)29)18-9-5-6-10-19(18)26(24(20)28)15-7-3-2-4-8-15;1-15-11-13-17(14-12-15)31-23-21(27)20-22(30-25(23)29)18-9-5-6-10-19(18)26(24(20)28)16-7-3-2-4-8-16/h3-14,28H,1-2H3;2*2-14,27H,1H3;2-14,27H,1H3. The molecule has 12 aromatic carbocycles. The molecule has 0 aliphatic carbocycles. The first-order valence-electron chi connectivity index (χ1n) is 39.3. The van der Waals surface area contributed by atoms with Gasteiger partial charge in [0.1, 0.15) is 52.6 Å². The van der Waals surface area contributed by atoms with E-state index in [2.05, 4.69) is 0 Å². The summed E-state index contributed by atoms with van der Waals surface area (Å²) in [4.78, 5) is 108. The highest BCUT2D eigenvalue weighted by Crippen LogP contribution is 2.44. The first-order valence-corrected chi connectivity index (χ1v) is 42.6. The van der Waals surface area contributed by atoms with Crippen LogP contribution in [0.25, 0.3) is 110 Å². The maximum atomic E-state index is 13.6. The van der Waals surface area contributed by atoms with E-state index >= 15 is 0 Å². The first-order chi connectivity index (χ1) is 61.6. The number of rotatable bonds is 14. The van der Waals surface area contributed by atoms with E-state index < -0.39 is 56.2 Å². The minimum absolute atomic E-state index is 0.00510. The van der Waals surface area contributed by atoms with Crippen molar-refractivity contribution in [1.29, 1.82) is 0 Å². The molecule has 0 aliphatic rings. The summed E-state index contributed by atoms with van der Waals surface area (Å²) < 4.78 is 38.9. The van der Waals surface area contributed by atoms with Crippen LogP contribution in [0.2, 0.25) is 0 Å². The lowest BCUT2D eigenvalue weighted by Crippen LogP contribution is -2.20. The van der Waals surface area contributed by atoms with Gasteiger partial charge in [-0.2, -0.15) is 0 Å². The number of pyridine rings is 4. The number of para-hydroxylation sites is 8. The molecule has 127 heavy (non-hydrogen) atoms. The van der Waals surface area contributed by atoms with E-state index in [4.69, 9.17) is 27.1 Å². The van der Waals surface area contributed by atoms with Crippen LogP contribution in [0.4, 0.5) is 0 Å². The monoisotopic (exact) mass is 1750 g/mol. The molecule has 20 aromatic rings. The van der Waals surface area contributed by atoms with Gasteiger partial charge in [-0.15, -0.1) is 0 Å². The smallest absolute Gasteiger partial charge is 0.354 e. The number of hydrogen-bond donors (Lipinski definition) is 4. The third kappa shape index (κ3) is 16.3. The van der Waals surface area contributed by atoms with E-state index in [0.29, 0.717) is 87.7 Å². The molecule has 8 heterocycles. The van der Waals surface area contributed by atoms with Crippen molar-refractivity contribution in [2.24, 2.45) is 0 Å². The second-order valence-corrected chi connectivity index (χ2v) is 33.3. The second kappa shape index (κ2) is 35.8. The molecule has 0 saturated heterocycles. The van der Waals surface area contributed by atoms with Gasteiger partial charge in [-0.05, 0) is 196 Å². The van der Waals surface area contributed by atoms with Crippen LogP contribution < -0.4 is 54.2 Å². The molecular formula is C101H70N4O18S4. The number of benzene rings is 12. The van der Waals surface area contributed by atoms with Crippen LogP contribution in [-0.2, 0) is 0 Å². The van der Waals surface area contributed by atoms with Crippen LogP contribution in [-0.4, -0.2) is 52.9 Å².